The molecule has 0 aromatic carbocycles. The van der Waals surface area contributed by atoms with Crippen molar-refractivity contribution in [3.05, 3.63) is 11.2 Å². The van der Waals surface area contributed by atoms with E-state index in [1.54, 1.807) is 11.8 Å². The number of aromatic nitrogens is 2. The van der Waals surface area contributed by atoms with Crippen LogP contribution in [-0.4, -0.2) is 34.6 Å². The standard InChI is InChI=1S/C11H16ClN3S2/c1-16-11-14-9(12)6-10(15-11)17-7-8-4-2-3-5-13-8/h6,8,13H,2-5,7H2,1H3/t8-/m1/s1. The maximum Gasteiger partial charge on any atom is 0.189 e. The summed E-state index contributed by atoms with van der Waals surface area (Å²) in [5.41, 5.74) is 0. The Kier molecular flexibility index (Phi) is 5.41. The Balaban J connectivity index is 1.91. The van der Waals surface area contributed by atoms with Crippen LogP contribution in [0.2, 0.25) is 5.15 Å². The fraction of sp³-hybridized carbons (Fsp3) is 0.636. The van der Waals surface area contributed by atoms with Crippen LogP contribution in [0.1, 0.15) is 19.3 Å². The van der Waals surface area contributed by atoms with Gasteiger partial charge in [0.15, 0.2) is 5.16 Å². The minimum atomic E-state index is 0.531. The first kappa shape index (κ1) is 13.5. The topological polar surface area (TPSA) is 37.8 Å². The van der Waals surface area contributed by atoms with Crippen LogP contribution < -0.4 is 5.32 Å². The number of thioether (sulfide) groups is 2. The number of piperidine rings is 1. The van der Waals surface area contributed by atoms with Crippen LogP contribution in [-0.2, 0) is 0 Å². The molecule has 2 rings (SSSR count). The third-order valence-electron chi connectivity index (χ3n) is 2.68. The first-order chi connectivity index (χ1) is 8.28. The molecule has 1 saturated heterocycles. The number of nitrogens with zero attached hydrogens (tertiary/aromatic N) is 2. The molecule has 0 saturated carbocycles. The molecule has 2 heterocycles. The monoisotopic (exact) mass is 289 g/mol. The SMILES string of the molecule is CSc1nc(Cl)cc(SC[C@H]2CCCCN2)n1. The van der Waals surface area contributed by atoms with Crippen molar-refractivity contribution in [2.45, 2.75) is 35.5 Å². The first-order valence-corrected chi connectivity index (χ1v) is 8.31. The highest BCUT2D eigenvalue weighted by Crippen LogP contribution is 2.24. The second-order valence-electron chi connectivity index (χ2n) is 3.97. The summed E-state index contributed by atoms with van der Waals surface area (Å²) in [6.07, 6.45) is 5.86. The van der Waals surface area contributed by atoms with Crippen molar-refractivity contribution >= 4 is 35.1 Å². The second kappa shape index (κ2) is 6.83. The van der Waals surface area contributed by atoms with E-state index in [0.29, 0.717) is 11.2 Å². The average Bonchev–Trinajstić information content (AvgIpc) is 2.37. The van der Waals surface area contributed by atoms with Crippen molar-refractivity contribution in [1.29, 1.82) is 0 Å². The van der Waals surface area contributed by atoms with E-state index in [1.807, 2.05) is 12.3 Å². The summed E-state index contributed by atoms with van der Waals surface area (Å²) in [5, 5.41) is 5.78. The van der Waals surface area contributed by atoms with Gasteiger partial charge in [-0.05, 0) is 25.6 Å². The van der Waals surface area contributed by atoms with Crippen molar-refractivity contribution in [2.24, 2.45) is 0 Å². The summed E-state index contributed by atoms with van der Waals surface area (Å²) in [4.78, 5) is 8.57. The van der Waals surface area contributed by atoms with Gasteiger partial charge in [0.2, 0.25) is 0 Å². The maximum atomic E-state index is 5.96. The second-order valence-corrected chi connectivity index (χ2v) is 6.17. The minimum Gasteiger partial charge on any atom is -0.313 e. The summed E-state index contributed by atoms with van der Waals surface area (Å²) in [6.45, 7) is 1.14. The van der Waals surface area contributed by atoms with Crippen LogP contribution in [0.25, 0.3) is 0 Å². The molecule has 0 aliphatic carbocycles. The first-order valence-electron chi connectivity index (χ1n) is 5.72. The molecule has 1 aromatic heterocycles. The molecule has 1 aliphatic heterocycles. The Labute approximate surface area is 116 Å². The fourth-order valence-corrected chi connectivity index (χ4v) is 3.53. The van der Waals surface area contributed by atoms with Crippen LogP contribution in [0.3, 0.4) is 0 Å². The molecule has 1 fully saturated rings. The van der Waals surface area contributed by atoms with E-state index in [4.69, 9.17) is 11.6 Å². The maximum absolute atomic E-state index is 5.96. The molecule has 0 amide bonds. The molecule has 94 valence electrons. The summed E-state index contributed by atoms with van der Waals surface area (Å²) >= 11 is 9.24. The van der Waals surface area contributed by atoms with Crippen LogP contribution in [0.15, 0.2) is 16.2 Å². The van der Waals surface area contributed by atoms with Gasteiger partial charge in [-0.2, -0.15) is 0 Å². The molecule has 17 heavy (non-hydrogen) atoms. The van der Waals surface area contributed by atoms with Crippen LogP contribution >= 0.6 is 35.1 Å². The number of hydrogen-bond donors (Lipinski definition) is 1. The van der Waals surface area contributed by atoms with Gasteiger partial charge in [-0.15, -0.1) is 11.8 Å². The lowest BCUT2D eigenvalue weighted by molar-refractivity contribution is 0.430. The van der Waals surface area contributed by atoms with Gasteiger partial charge in [0.1, 0.15) is 10.2 Å². The third-order valence-corrected chi connectivity index (χ3v) is 4.49. The summed E-state index contributed by atoms with van der Waals surface area (Å²) in [7, 11) is 0. The lowest BCUT2D eigenvalue weighted by Gasteiger charge is -2.22. The molecule has 0 unspecified atom stereocenters. The van der Waals surface area contributed by atoms with Gasteiger partial charge >= 0.3 is 0 Å². The summed E-state index contributed by atoms with van der Waals surface area (Å²) in [5.74, 6) is 1.06. The highest BCUT2D eigenvalue weighted by molar-refractivity contribution is 7.99. The molecule has 1 aromatic rings. The lowest BCUT2D eigenvalue weighted by Crippen LogP contribution is -2.35. The molecule has 6 heteroatoms. The van der Waals surface area contributed by atoms with Gasteiger partial charge in [-0.1, -0.05) is 29.8 Å². The van der Waals surface area contributed by atoms with Gasteiger partial charge in [-0.3, -0.25) is 0 Å². The van der Waals surface area contributed by atoms with Crippen LogP contribution in [0.5, 0.6) is 0 Å². The van der Waals surface area contributed by atoms with Crippen molar-refractivity contribution in [2.75, 3.05) is 18.6 Å². The molecular formula is C11H16ClN3S2. The van der Waals surface area contributed by atoms with E-state index in [2.05, 4.69) is 15.3 Å². The Morgan fingerprint density at radius 2 is 2.35 bits per heavy atom. The van der Waals surface area contributed by atoms with Crippen molar-refractivity contribution in [3.8, 4) is 0 Å². The molecule has 0 spiro atoms. The molecular weight excluding hydrogens is 274 g/mol. The molecule has 0 radical (unpaired) electrons. The smallest absolute Gasteiger partial charge is 0.189 e. The molecule has 3 nitrogen and oxygen atoms in total. The van der Waals surface area contributed by atoms with E-state index in [0.717, 1.165) is 22.5 Å². The van der Waals surface area contributed by atoms with Crippen molar-refractivity contribution in [3.63, 3.8) is 0 Å². The van der Waals surface area contributed by atoms with Crippen molar-refractivity contribution in [1.82, 2.24) is 15.3 Å². The normalized spacial score (nSPS) is 20.5. The van der Waals surface area contributed by atoms with E-state index in [-0.39, 0.29) is 0 Å². The Bertz CT molecular complexity index is 370. The average molecular weight is 290 g/mol. The van der Waals surface area contributed by atoms with E-state index < -0.39 is 0 Å². The highest BCUT2D eigenvalue weighted by atomic mass is 35.5. The summed E-state index contributed by atoms with van der Waals surface area (Å²) < 4.78 is 0. The largest absolute Gasteiger partial charge is 0.313 e. The Hall–Kier alpha value is 0.0300. The third kappa shape index (κ3) is 4.32. The van der Waals surface area contributed by atoms with E-state index in [9.17, 15) is 0 Å². The van der Waals surface area contributed by atoms with Gasteiger partial charge < -0.3 is 5.32 Å². The predicted molar refractivity (Wildman–Crippen MR) is 75.2 cm³/mol. The zero-order valence-corrected chi connectivity index (χ0v) is 12.2. The van der Waals surface area contributed by atoms with E-state index >= 15 is 0 Å². The number of nitrogens with one attached hydrogen (secondary N) is 1. The number of rotatable bonds is 4. The van der Waals surface area contributed by atoms with Gasteiger partial charge in [0.05, 0.1) is 0 Å². The molecule has 1 atom stereocenters. The molecule has 1 N–H and O–H groups in total. The van der Waals surface area contributed by atoms with Crippen molar-refractivity contribution < 1.29 is 0 Å². The fourth-order valence-electron chi connectivity index (χ4n) is 1.79. The Morgan fingerprint density at radius 1 is 1.47 bits per heavy atom. The zero-order valence-electron chi connectivity index (χ0n) is 9.78. The Morgan fingerprint density at radius 3 is 3.06 bits per heavy atom. The zero-order chi connectivity index (χ0) is 12.1. The number of hydrogen-bond acceptors (Lipinski definition) is 5. The van der Waals surface area contributed by atoms with Crippen LogP contribution in [0.4, 0.5) is 0 Å². The van der Waals surface area contributed by atoms with Gasteiger partial charge in [0.25, 0.3) is 0 Å². The summed E-state index contributed by atoms with van der Waals surface area (Å²) in [6, 6.07) is 2.45. The predicted octanol–water partition coefficient (Wildman–Crippen LogP) is 3.09. The quantitative estimate of drug-likeness (QED) is 0.524. The van der Waals surface area contributed by atoms with E-state index in [1.165, 1.54) is 31.0 Å². The van der Waals surface area contributed by atoms with Crippen LogP contribution in [0, 0.1) is 0 Å². The highest BCUT2D eigenvalue weighted by Gasteiger charge is 2.13. The lowest BCUT2D eigenvalue weighted by atomic mass is 10.1. The minimum absolute atomic E-state index is 0.531. The van der Waals surface area contributed by atoms with Gasteiger partial charge in [-0.25, -0.2) is 9.97 Å². The number of halogens is 1. The molecule has 0 bridgehead atoms. The van der Waals surface area contributed by atoms with Gasteiger partial charge in [0, 0.05) is 17.9 Å². The molecule has 1 aliphatic rings.